The number of ether oxygens (including phenoxy) is 2. The van der Waals surface area contributed by atoms with E-state index in [4.69, 9.17) is 9.47 Å². The summed E-state index contributed by atoms with van der Waals surface area (Å²) in [6, 6.07) is 4.83. The van der Waals surface area contributed by atoms with Crippen LogP contribution in [0.15, 0.2) is 18.2 Å². The van der Waals surface area contributed by atoms with E-state index in [0.717, 1.165) is 0 Å². The molecular formula is C11H11F3O3S. The molecule has 0 amide bonds. The zero-order chi connectivity index (χ0) is 13.2. The predicted molar refractivity (Wildman–Crippen MR) is 60.9 cm³/mol. The summed E-state index contributed by atoms with van der Waals surface area (Å²) in [5.41, 5.74) is -3.55. The molecule has 7 heteroatoms. The van der Waals surface area contributed by atoms with E-state index >= 15 is 0 Å². The van der Waals surface area contributed by atoms with Crippen LogP contribution in [0.1, 0.15) is 11.7 Å². The van der Waals surface area contributed by atoms with Crippen molar-refractivity contribution >= 4 is 11.8 Å². The molecular weight excluding hydrogens is 269 g/mol. The minimum absolute atomic E-state index is 0.0362. The van der Waals surface area contributed by atoms with Crippen molar-refractivity contribution in [3.8, 4) is 11.5 Å². The molecule has 18 heavy (non-hydrogen) atoms. The number of halogens is 3. The van der Waals surface area contributed by atoms with Crippen LogP contribution in [0.5, 0.6) is 11.5 Å². The Morgan fingerprint density at radius 1 is 1.44 bits per heavy atom. The molecule has 2 rings (SSSR count). The first-order valence-corrected chi connectivity index (χ1v) is 6.22. The first kappa shape index (κ1) is 13.4. The molecule has 0 fully saturated rings. The number of hydrogen-bond acceptors (Lipinski definition) is 4. The fourth-order valence-corrected chi connectivity index (χ4v) is 1.98. The largest absolute Gasteiger partial charge is 0.493 e. The van der Waals surface area contributed by atoms with Crippen molar-refractivity contribution in [2.75, 3.05) is 19.0 Å². The van der Waals surface area contributed by atoms with E-state index in [-0.39, 0.29) is 30.7 Å². The van der Waals surface area contributed by atoms with Gasteiger partial charge in [-0.05, 0) is 23.9 Å². The molecule has 1 atom stereocenters. The van der Waals surface area contributed by atoms with Crippen LogP contribution >= 0.6 is 11.8 Å². The average Bonchev–Trinajstić information content (AvgIpc) is 2.65. The van der Waals surface area contributed by atoms with Gasteiger partial charge >= 0.3 is 5.51 Å². The lowest BCUT2D eigenvalue weighted by Crippen LogP contribution is -2.07. The van der Waals surface area contributed by atoms with Crippen molar-refractivity contribution in [3.05, 3.63) is 23.8 Å². The molecule has 1 unspecified atom stereocenters. The Bertz CT molecular complexity index is 422. The van der Waals surface area contributed by atoms with E-state index < -0.39 is 11.6 Å². The topological polar surface area (TPSA) is 38.7 Å². The Kier molecular flexibility index (Phi) is 3.91. The molecule has 0 spiro atoms. The molecule has 0 bridgehead atoms. The standard InChI is InChI=1S/C11H11F3O3S/c12-11(13,14)18-4-3-16-7-1-2-8-9(15)6-17-10(8)5-7/h1-2,5,9,15H,3-4,6H2. The Morgan fingerprint density at radius 2 is 2.22 bits per heavy atom. The average molecular weight is 280 g/mol. The van der Waals surface area contributed by atoms with Crippen LogP contribution < -0.4 is 9.47 Å². The maximum atomic E-state index is 11.9. The number of benzene rings is 1. The SMILES string of the molecule is OC1COc2cc(OCCSC(F)(F)F)ccc21. The van der Waals surface area contributed by atoms with Gasteiger partial charge in [0.05, 0.1) is 6.61 Å². The van der Waals surface area contributed by atoms with Crippen molar-refractivity contribution in [2.45, 2.75) is 11.6 Å². The van der Waals surface area contributed by atoms with Gasteiger partial charge in [-0.3, -0.25) is 0 Å². The number of rotatable bonds is 4. The lowest BCUT2D eigenvalue weighted by Gasteiger charge is -2.09. The minimum Gasteiger partial charge on any atom is -0.493 e. The van der Waals surface area contributed by atoms with Gasteiger partial charge in [-0.25, -0.2) is 0 Å². The van der Waals surface area contributed by atoms with E-state index in [1.807, 2.05) is 0 Å². The maximum Gasteiger partial charge on any atom is 0.441 e. The highest BCUT2D eigenvalue weighted by Crippen LogP contribution is 2.35. The monoisotopic (exact) mass is 280 g/mol. The Morgan fingerprint density at radius 3 is 2.94 bits per heavy atom. The van der Waals surface area contributed by atoms with Gasteiger partial charge in [-0.2, -0.15) is 13.2 Å². The van der Waals surface area contributed by atoms with Crippen molar-refractivity contribution in [1.82, 2.24) is 0 Å². The van der Waals surface area contributed by atoms with Crippen molar-refractivity contribution in [2.24, 2.45) is 0 Å². The molecule has 3 nitrogen and oxygen atoms in total. The molecule has 1 aromatic rings. The highest BCUT2D eigenvalue weighted by molar-refractivity contribution is 8.00. The summed E-state index contributed by atoms with van der Waals surface area (Å²) in [4.78, 5) is 0. The van der Waals surface area contributed by atoms with Crippen LogP contribution in [-0.2, 0) is 0 Å². The van der Waals surface area contributed by atoms with Crippen LogP contribution in [0, 0.1) is 0 Å². The van der Waals surface area contributed by atoms with Gasteiger partial charge in [0.2, 0.25) is 0 Å². The van der Waals surface area contributed by atoms with Gasteiger partial charge in [0.25, 0.3) is 0 Å². The van der Waals surface area contributed by atoms with Gasteiger partial charge in [0.1, 0.15) is 24.2 Å². The summed E-state index contributed by atoms with van der Waals surface area (Å²) in [5.74, 6) is 0.790. The Balaban J connectivity index is 1.84. The summed E-state index contributed by atoms with van der Waals surface area (Å²) >= 11 is -0.118. The molecule has 0 aliphatic carbocycles. The lowest BCUT2D eigenvalue weighted by molar-refractivity contribution is -0.0329. The molecule has 100 valence electrons. The highest BCUT2D eigenvalue weighted by atomic mass is 32.2. The third-order valence-corrected chi connectivity index (χ3v) is 3.06. The number of aliphatic hydroxyl groups excluding tert-OH is 1. The second-order valence-electron chi connectivity index (χ2n) is 3.67. The van der Waals surface area contributed by atoms with Crippen LogP contribution in [0.3, 0.4) is 0 Å². The van der Waals surface area contributed by atoms with Crippen molar-refractivity contribution < 1.29 is 27.8 Å². The lowest BCUT2D eigenvalue weighted by atomic mass is 10.1. The molecule has 1 aliphatic heterocycles. The molecule has 1 heterocycles. The number of aliphatic hydroxyl groups is 1. The second kappa shape index (κ2) is 5.27. The third-order valence-electron chi connectivity index (χ3n) is 2.36. The van der Waals surface area contributed by atoms with Crippen molar-refractivity contribution in [1.29, 1.82) is 0 Å². The fourth-order valence-electron chi connectivity index (χ4n) is 1.58. The summed E-state index contributed by atoms with van der Waals surface area (Å²) in [6.07, 6.45) is -0.644. The van der Waals surface area contributed by atoms with E-state index in [0.29, 0.717) is 17.1 Å². The van der Waals surface area contributed by atoms with Crippen LogP contribution in [-0.4, -0.2) is 29.6 Å². The zero-order valence-corrected chi connectivity index (χ0v) is 10.1. The molecule has 0 saturated heterocycles. The zero-order valence-electron chi connectivity index (χ0n) is 9.24. The number of thioether (sulfide) groups is 1. The molecule has 0 radical (unpaired) electrons. The number of alkyl halides is 3. The minimum atomic E-state index is -4.23. The number of hydrogen-bond donors (Lipinski definition) is 1. The van der Waals surface area contributed by atoms with E-state index in [1.165, 1.54) is 0 Å². The summed E-state index contributed by atoms with van der Waals surface area (Å²) in [5, 5.41) is 9.48. The predicted octanol–water partition coefficient (Wildman–Crippen LogP) is 2.74. The summed E-state index contributed by atoms with van der Waals surface area (Å²) in [6.45, 7) is 0.161. The normalized spacial score (nSPS) is 18.3. The smallest absolute Gasteiger partial charge is 0.441 e. The first-order valence-electron chi connectivity index (χ1n) is 5.24. The van der Waals surface area contributed by atoms with Crippen LogP contribution in [0.4, 0.5) is 13.2 Å². The van der Waals surface area contributed by atoms with E-state index in [1.54, 1.807) is 18.2 Å². The third kappa shape index (κ3) is 3.46. The molecule has 1 aromatic carbocycles. The fraction of sp³-hybridized carbons (Fsp3) is 0.455. The molecule has 0 aromatic heterocycles. The molecule has 1 aliphatic rings. The second-order valence-corrected chi connectivity index (χ2v) is 4.83. The van der Waals surface area contributed by atoms with Crippen molar-refractivity contribution in [3.63, 3.8) is 0 Å². The van der Waals surface area contributed by atoms with Gasteiger partial charge in [0, 0.05) is 17.4 Å². The van der Waals surface area contributed by atoms with Gasteiger partial charge in [-0.1, -0.05) is 0 Å². The number of fused-ring (bicyclic) bond motifs is 1. The van der Waals surface area contributed by atoms with E-state index in [2.05, 4.69) is 0 Å². The van der Waals surface area contributed by atoms with Gasteiger partial charge < -0.3 is 14.6 Å². The maximum absolute atomic E-state index is 11.9. The quantitative estimate of drug-likeness (QED) is 0.861. The Labute approximate surface area is 106 Å². The van der Waals surface area contributed by atoms with Gasteiger partial charge in [-0.15, -0.1) is 0 Å². The van der Waals surface area contributed by atoms with Crippen LogP contribution in [0.25, 0.3) is 0 Å². The van der Waals surface area contributed by atoms with Gasteiger partial charge in [0.15, 0.2) is 0 Å². The van der Waals surface area contributed by atoms with E-state index in [9.17, 15) is 18.3 Å². The summed E-state index contributed by atoms with van der Waals surface area (Å²) in [7, 11) is 0. The molecule has 0 saturated carbocycles. The first-order chi connectivity index (χ1) is 8.46. The molecule has 1 N–H and O–H groups in total. The Hall–Kier alpha value is -1.08. The van der Waals surface area contributed by atoms with Crippen LogP contribution in [0.2, 0.25) is 0 Å². The highest BCUT2D eigenvalue weighted by Gasteiger charge is 2.27. The summed E-state index contributed by atoms with van der Waals surface area (Å²) < 4.78 is 46.0.